The Morgan fingerprint density at radius 1 is 1.50 bits per heavy atom. The average molecular weight is 336 g/mol. The molecule has 108 valence electrons. The van der Waals surface area contributed by atoms with Crippen molar-refractivity contribution in [2.45, 2.75) is 18.4 Å². The monoisotopic (exact) mass is 335 g/mol. The van der Waals surface area contributed by atoms with E-state index in [0.29, 0.717) is 5.01 Å². The summed E-state index contributed by atoms with van der Waals surface area (Å²) in [5.41, 5.74) is 6.35. The zero-order chi connectivity index (χ0) is 14.9. The van der Waals surface area contributed by atoms with Crippen molar-refractivity contribution in [3.05, 3.63) is 39.1 Å². The summed E-state index contributed by atoms with van der Waals surface area (Å²) in [5, 5.41) is 2.04. The lowest BCUT2D eigenvalue weighted by atomic mass is 10.3. The Hall–Kier alpha value is -1.22. The number of rotatable bonds is 4. The van der Waals surface area contributed by atoms with Gasteiger partial charge in [-0.3, -0.25) is 0 Å². The Morgan fingerprint density at radius 2 is 2.20 bits per heavy atom. The van der Waals surface area contributed by atoms with Crippen LogP contribution in [0.5, 0.6) is 0 Å². The van der Waals surface area contributed by atoms with E-state index >= 15 is 0 Å². The van der Waals surface area contributed by atoms with E-state index in [1.54, 1.807) is 12.3 Å². The Bertz CT molecular complexity index is 746. The highest BCUT2D eigenvalue weighted by atomic mass is 35.5. The summed E-state index contributed by atoms with van der Waals surface area (Å²) in [7, 11) is -4.05. The van der Waals surface area contributed by atoms with Gasteiger partial charge in [-0.15, -0.1) is 11.3 Å². The molecular weight excluding hydrogens is 325 g/mol. The van der Waals surface area contributed by atoms with E-state index in [-0.39, 0.29) is 17.3 Å². The van der Waals surface area contributed by atoms with Gasteiger partial charge in [0.1, 0.15) is 9.90 Å². The summed E-state index contributed by atoms with van der Waals surface area (Å²) >= 11 is 6.90. The van der Waals surface area contributed by atoms with Crippen molar-refractivity contribution in [2.75, 3.05) is 5.73 Å². The van der Waals surface area contributed by atoms with E-state index in [1.165, 1.54) is 11.3 Å². The van der Waals surface area contributed by atoms with Crippen LogP contribution in [0.3, 0.4) is 0 Å². The van der Waals surface area contributed by atoms with Crippen molar-refractivity contribution in [2.24, 2.45) is 0 Å². The molecule has 2 rings (SSSR count). The van der Waals surface area contributed by atoms with Gasteiger partial charge in [0.25, 0.3) is 0 Å². The molecule has 0 aliphatic carbocycles. The van der Waals surface area contributed by atoms with Crippen molar-refractivity contribution in [3.63, 3.8) is 0 Å². The maximum atomic E-state index is 13.8. The van der Waals surface area contributed by atoms with Crippen molar-refractivity contribution in [3.8, 4) is 0 Å². The van der Waals surface area contributed by atoms with Gasteiger partial charge in [-0.05, 0) is 19.1 Å². The maximum absolute atomic E-state index is 13.8. The Morgan fingerprint density at radius 3 is 2.80 bits per heavy atom. The highest BCUT2D eigenvalue weighted by molar-refractivity contribution is 7.89. The van der Waals surface area contributed by atoms with Gasteiger partial charge in [-0.2, -0.15) is 0 Å². The number of benzene rings is 1. The van der Waals surface area contributed by atoms with Gasteiger partial charge in [0.15, 0.2) is 5.82 Å². The lowest BCUT2D eigenvalue weighted by Crippen LogP contribution is -2.24. The molecule has 0 fully saturated rings. The molecule has 3 N–H and O–H groups in total. The minimum Gasteiger partial charge on any atom is -0.399 e. The number of thiazole rings is 1. The topological polar surface area (TPSA) is 85.1 Å². The van der Waals surface area contributed by atoms with Gasteiger partial charge in [-0.1, -0.05) is 11.6 Å². The van der Waals surface area contributed by atoms with Crippen LogP contribution < -0.4 is 10.5 Å². The van der Waals surface area contributed by atoms with Crippen LogP contribution in [0.15, 0.2) is 22.4 Å². The fraction of sp³-hybridized carbons (Fsp3) is 0.182. The number of hydrogen-bond acceptors (Lipinski definition) is 5. The molecule has 0 atom stereocenters. The molecule has 0 saturated carbocycles. The van der Waals surface area contributed by atoms with Gasteiger partial charge in [-0.25, -0.2) is 22.5 Å². The van der Waals surface area contributed by atoms with E-state index in [4.69, 9.17) is 17.3 Å². The van der Waals surface area contributed by atoms with Gasteiger partial charge in [0, 0.05) is 16.8 Å². The maximum Gasteiger partial charge on any atom is 0.244 e. The summed E-state index contributed by atoms with van der Waals surface area (Å²) in [6.07, 6.45) is 0. The molecule has 0 amide bonds. The van der Waals surface area contributed by atoms with Crippen molar-refractivity contribution < 1.29 is 12.8 Å². The molecular formula is C11H11ClFN3O2S2. The molecule has 1 aromatic heterocycles. The van der Waals surface area contributed by atoms with E-state index < -0.39 is 20.7 Å². The number of nitrogens with two attached hydrogens (primary N) is 1. The third-order valence-electron chi connectivity index (χ3n) is 2.39. The molecule has 0 bridgehead atoms. The van der Waals surface area contributed by atoms with Gasteiger partial charge >= 0.3 is 0 Å². The summed E-state index contributed by atoms with van der Waals surface area (Å²) in [6.45, 7) is 1.78. The van der Waals surface area contributed by atoms with Gasteiger partial charge < -0.3 is 5.73 Å². The Kier molecular flexibility index (Phi) is 4.28. The van der Waals surface area contributed by atoms with Crippen LogP contribution in [0, 0.1) is 12.7 Å². The highest BCUT2D eigenvalue weighted by Crippen LogP contribution is 2.25. The molecule has 20 heavy (non-hydrogen) atoms. The molecule has 0 aliphatic rings. The number of anilines is 1. The second-order valence-corrected chi connectivity index (χ2v) is 7.11. The van der Waals surface area contributed by atoms with Crippen molar-refractivity contribution in [1.29, 1.82) is 0 Å². The zero-order valence-corrected chi connectivity index (χ0v) is 12.7. The number of nitrogen functional groups attached to an aromatic ring is 1. The predicted octanol–water partition coefficient (Wildman–Crippen LogP) is 2.30. The van der Waals surface area contributed by atoms with Crippen LogP contribution in [0.2, 0.25) is 5.02 Å². The largest absolute Gasteiger partial charge is 0.399 e. The second-order valence-electron chi connectivity index (χ2n) is 4.02. The number of hydrogen-bond donors (Lipinski definition) is 2. The molecule has 1 heterocycles. The van der Waals surface area contributed by atoms with E-state index in [1.807, 2.05) is 0 Å². The van der Waals surface area contributed by atoms with Crippen LogP contribution in [-0.2, 0) is 16.6 Å². The standard InChI is InChI=1S/C11H11ClFN3O2S2/c1-6-5-19-10(16-6)4-15-20(17,18)9-3-7(14)2-8(12)11(9)13/h2-3,5,15H,4,14H2,1H3. The Balaban J connectivity index is 2.27. The molecule has 9 heteroatoms. The minimum absolute atomic E-state index is 0.0211. The second kappa shape index (κ2) is 5.65. The average Bonchev–Trinajstić information content (AvgIpc) is 2.77. The lowest BCUT2D eigenvalue weighted by molar-refractivity contribution is 0.557. The first-order chi connectivity index (χ1) is 9.29. The zero-order valence-electron chi connectivity index (χ0n) is 10.4. The minimum atomic E-state index is -4.05. The van der Waals surface area contributed by atoms with Crippen LogP contribution >= 0.6 is 22.9 Å². The number of nitrogens with zero attached hydrogens (tertiary/aromatic N) is 1. The summed E-state index contributed by atoms with van der Waals surface area (Å²) in [5.74, 6) is -1.02. The molecule has 5 nitrogen and oxygen atoms in total. The lowest BCUT2D eigenvalue weighted by Gasteiger charge is -2.08. The van der Waals surface area contributed by atoms with E-state index in [9.17, 15) is 12.8 Å². The summed E-state index contributed by atoms with van der Waals surface area (Å²) in [6, 6.07) is 2.18. The van der Waals surface area contributed by atoms with E-state index in [2.05, 4.69) is 9.71 Å². The smallest absolute Gasteiger partial charge is 0.244 e. The Labute approximate surface area is 124 Å². The van der Waals surface area contributed by atoms with Crippen molar-refractivity contribution in [1.82, 2.24) is 9.71 Å². The molecule has 0 spiro atoms. The highest BCUT2D eigenvalue weighted by Gasteiger charge is 2.22. The third kappa shape index (κ3) is 3.26. The number of nitrogens with one attached hydrogen (secondary N) is 1. The van der Waals surface area contributed by atoms with Crippen LogP contribution in [0.4, 0.5) is 10.1 Å². The number of halogens is 2. The van der Waals surface area contributed by atoms with Crippen molar-refractivity contribution >= 4 is 38.6 Å². The third-order valence-corrected chi connectivity index (χ3v) is 5.03. The fourth-order valence-corrected chi connectivity index (χ4v) is 3.70. The molecule has 0 aliphatic heterocycles. The van der Waals surface area contributed by atoms with Crippen LogP contribution in [0.1, 0.15) is 10.7 Å². The van der Waals surface area contributed by atoms with Gasteiger partial charge in [0.2, 0.25) is 10.0 Å². The van der Waals surface area contributed by atoms with Gasteiger partial charge in [0.05, 0.1) is 11.6 Å². The molecule has 0 unspecified atom stereocenters. The number of sulfonamides is 1. The first kappa shape index (κ1) is 15.2. The van der Waals surface area contributed by atoms with Crippen LogP contribution in [0.25, 0.3) is 0 Å². The molecule has 0 saturated heterocycles. The summed E-state index contributed by atoms with van der Waals surface area (Å²) in [4.78, 5) is 3.54. The first-order valence-electron chi connectivity index (χ1n) is 5.45. The first-order valence-corrected chi connectivity index (χ1v) is 8.19. The molecule has 1 aromatic carbocycles. The molecule has 0 radical (unpaired) electrons. The molecule has 2 aromatic rings. The number of aromatic nitrogens is 1. The quantitative estimate of drug-likeness (QED) is 0.840. The van der Waals surface area contributed by atoms with E-state index in [0.717, 1.165) is 17.8 Å². The number of aryl methyl sites for hydroxylation is 1. The summed E-state index contributed by atoms with van der Waals surface area (Å²) < 4.78 is 40.2. The normalized spacial score (nSPS) is 11.8. The predicted molar refractivity (Wildman–Crippen MR) is 76.7 cm³/mol. The van der Waals surface area contributed by atoms with Crippen LogP contribution in [-0.4, -0.2) is 13.4 Å². The fourth-order valence-electron chi connectivity index (χ4n) is 1.50. The SMILES string of the molecule is Cc1csc(CNS(=O)(=O)c2cc(N)cc(Cl)c2F)n1.